The third-order valence-corrected chi connectivity index (χ3v) is 5.00. The summed E-state index contributed by atoms with van der Waals surface area (Å²) in [5.41, 5.74) is 0.907. The lowest BCUT2D eigenvalue weighted by molar-refractivity contribution is 0.0877. The number of furan rings is 1. The van der Waals surface area contributed by atoms with Gasteiger partial charge in [0.15, 0.2) is 5.76 Å². The highest BCUT2D eigenvalue weighted by molar-refractivity contribution is 5.91. The fourth-order valence-electron chi connectivity index (χ4n) is 3.79. The number of ether oxygens (including phenoxy) is 1. The summed E-state index contributed by atoms with van der Waals surface area (Å²) < 4.78 is 16.0. The van der Waals surface area contributed by atoms with E-state index in [2.05, 4.69) is 15.4 Å². The van der Waals surface area contributed by atoms with Crippen LogP contribution in [0.2, 0.25) is 0 Å². The van der Waals surface area contributed by atoms with Crippen molar-refractivity contribution in [3.8, 4) is 0 Å². The highest BCUT2D eigenvalue weighted by Crippen LogP contribution is 2.41. The van der Waals surface area contributed by atoms with Crippen LogP contribution in [-0.4, -0.2) is 48.8 Å². The van der Waals surface area contributed by atoms with E-state index in [0.29, 0.717) is 24.8 Å². The van der Waals surface area contributed by atoms with Gasteiger partial charge in [0.25, 0.3) is 5.91 Å². The molecule has 2 aromatic rings. The number of aryl methyl sites for hydroxylation is 1. The van der Waals surface area contributed by atoms with Crippen LogP contribution in [0.1, 0.15) is 22.0 Å². The molecule has 0 bridgehead atoms. The number of amides is 1. The fourth-order valence-corrected chi connectivity index (χ4v) is 3.79. The molecule has 0 radical (unpaired) electrons. The number of nitrogens with zero attached hydrogens (tertiary/aromatic N) is 2. The van der Waals surface area contributed by atoms with Crippen molar-refractivity contribution in [1.29, 1.82) is 0 Å². The molecule has 2 fully saturated rings. The molecule has 0 aliphatic carbocycles. The standard InChI is InChI=1S/C17H21N3O4/c1-12-5-14(19-24-12)7-20-6-13-8-22-11-17(13,10-20)9-18-16(21)15-3-2-4-23-15/h2-5,13H,6-11H2,1H3,(H,18,21)/t13-,17+/m1/s1. The molecule has 128 valence electrons. The lowest BCUT2D eigenvalue weighted by Gasteiger charge is -2.27. The van der Waals surface area contributed by atoms with Crippen LogP contribution in [0.25, 0.3) is 0 Å². The average Bonchev–Trinajstić information content (AvgIpc) is 3.29. The molecule has 2 aromatic heterocycles. The maximum absolute atomic E-state index is 12.1. The lowest BCUT2D eigenvalue weighted by Crippen LogP contribution is -2.43. The number of hydrogen-bond donors (Lipinski definition) is 1. The molecular weight excluding hydrogens is 310 g/mol. The normalized spacial score (nSPS) is 26.6. The van der Waals surface area contributed by atoms with E-state index in [1.807, 2.05) is 13.0 Å². The van der Waals surface area contributed by atoms with Gasteiger partial charge in [0.05, 0.1) is 25.2 Å². The van der Waals surface area contributed by atoms with Gasteiger partial charge in [0.2, 0.25) is 0 Å². The second-order valence-electron chi connectivity index (χ2n) is 6.83. The number of hydrogen-bond acceptors (Lipinski definition) is 6. The monoisotopic (exact) mass is 331 g/mol. The molecule has 0 saturated carbocycles. The zero-order chi connectivity index (χ0) is 16.6. The van der Waals surface area contributed by atoms with E-state index in [9.17, 15) is 4.79 Å². The lowest BCUT2D eigenvalue weighted by atomic mass is 9.81. The maximum atomic E-state index is 12.1. The molecular formula is C17H21N3O4. The maximum Gasteiger partial charge on any atom is 0.286 e. The molecule has 0 aromatic carbocycles. The first-order chi connectivity index (χ1) is 11.6. The van der Waals surface area contributed by atoms with Crippen molar-refractivity contribution in [1.82, 2.24) is 15.4 Å². The first kappa shape index (κ1) is 15.4. The molecule has 1 amide bonds. The molecule has 0 unspecified atom stereocenters. The molecule has 7 heteroatoms. The molecule has 1 N–H and O–H groups in total. The van der Waals surface area contributed by atoms with Crippen molar-refractivity contribution in [3.63, 3.8) is 0 Å². The number of likely N-dealkylation sites (tertiary alicyclic amines) is 1. The van der Waals surface area contributed by atoms with E-state index >= 15 is 0 Å². The van der Waals surface area contributed by atoms with Gasteiger partial charge in [-0.3, -0.25) is 9.69 Å². The Kier molecular flexibility index (Phi) is 3.90. The SMILES string of the molecule is Cc1cc(CN2C[C@@H]3COC[C@]3(CNC(=O)c3ccco3)C2)no1. The summed E-state index contributed by atoms with van der Waals surface area (Å²) in [7, 11) is 0. The summed E-state index contributed by atoms with van der Waals surface area (Å²) in [6.45, 7) is 6.49. The Balaban J connectivity index is 1.40. The summed E-state index contributed by atoms with van der Waals surface area (Å²) in [4.78, 5) is 14.5. The van der Waals surface area contributed by atoms with Gasteiger partial charge in [-0.05, 0) is 19.1 Å². The predicted octanol–water partition coefficient (Wildman–Crippen LogP) is 1.45. The first-order valence-corrected chi connectivity index (χ1v) is 8.19. The Labute approximate surface area is 139 Å². The third kappa shape index (κ3) is 2.85. The van der Waals surface area contributed by atoms with Crippen LogP contribution in [0.15, 0.2) is 33.4 Å². The van der Waals surface area contributed by atoms with Gasteiger partial charge < -0.3 is 19.0 Å². The Bertz CT molecular complexity index is 711. The summed E-state index contributed by atoms with van der Waals surface area (Å²) in [5, 5.41) is 7.08. The quantitative estimate of drug-likeness (QED) is 0.893. The zero-order valence-corrected chi connectivity index (χ0v) is 13.7. The second kappa shape index (κ2) is 6.07. The molecule has 4 heterocycles. The Morgan fingerprint density at radius 2 is 2.46 bits per heavy atom. The number of carbonyl (C=O) groups excluding carboxylic acids is 1. The predicted molar refractivity (Wildman–Crippen MR) is 84.3 cm³/mol. The smallest absolute Gasteiger partial charge is 0.286 e. The highest BCUT2D eigenvalue weighted by Gasteiger charge is 2.50. The van der Waals surface area contributed by atoms with E-state index in [-0.39, 0.29) is 11.3 Å². The Hall–Kier alpha value is -2.12. The number of fused-ring (bicyclic) bond motifs is 1. The van der Waals surface area contributed by atoms with E-state index in [0.717, 1.165) is 37.7 Å². The van der Waals surface area contributed by atoms with E-state index in [1.54, 1.807) is 12.1 Å². The molecule has 24 heavy (non-hydrogen) atoms. The number of nitrogens with one attached hydrogen (secondary N) is 1. The molecule has 2 aliphatic heterocycles. The van der Waals surface area contributed by atoms with Crippen LogP contribution < -0.4 is 5.32 Å². The van der Waals surface area contributed by atoms with E-state index in [1.165, 1.54) is 6.26 Å². The van der Waals surface area contributed by atoms with Crippen LogP contribution in [-0.2, 0) is 11.3 Å². The molecule has 2 aliphatic rings. The molecule has 2 atom stereocenters. The van der Waals surface area contributed by atoms with Crippen LogP contribution >= 0.6 is 0 Å². The largest absolute Gasteiger partial charge is 0.459 e. The minimum Gasteiger partial charge on any atom is -0.459 e. The van der Waals surface area contributed by atoms with Crippen molar-refractivity contribution in [2.24, 2.45) is 11.3 Å². The minimum atomic E-state index is -0.175. The second-order valence-corrected chi connectivity index (χ2v) is 6.83. The van der Waals surface area contributed by atoms with Gasteiger partial charge in [0, 0.05) is 43.6 Å². The van der Waals surface area contributed by atoms with Gasteiger partial charge in [0.1, 0.15) is 5.76 Å². The Morgan fingerprint density at radius 3 is 3.21 bits per heavy atom. The molecule has 0 spiro atoms. The van der Waals surface area contributed by atoms with Gasteiger partial charge in [-0.1, -0.05) is 5.16 Å². The van der Waals surface area contributed by atoms with Crippen molar-refractivity contribution in [2.45, 2.75) is 13.5 Å². The average molecular weight is 331 g/mol. The first-order valence-electron chi connectivity index (χ1n) is 8.19. The minimum absolute atomic E-state index is 0.0406. The summed E-state index contributed by atoms with van der Waals surface area (Å²) in [6.07, 6.45) is 1.51. The van der Waals surface area contributed by atoms with Crippen LogP contribution in [0.4, 0.5) is 0 Å². The number of aromatic nitrogens is 1. The van der Waals surface area contributed by atoms with Gasteiger partial charge in [-0.15, -0.1) is 0 Å². The zero-order valence-electron chi connectivity index (χ0n) is 13.7. The van der Waals surface area contributed by atoms with E-state index in [4.69, 9.17) is 13.7 Å². The fraction of sp³-hybridized carbons (Fsp3) is 0.529. The summed E-state index contributed by atoms with van der Waals surface area (Å²) in [6, 6.07) is 5.35. The van der Waals surface area contributed by atoms with Gasteiger partial charge in [-0.2, -0.15) is 0 Å². The Morgan fingerprint density at radius 1 is 1.54 bits per heavy atom. The molecule has 7 nitrogen and oxygen atoms in total. The van der Waals surface area contributed by atoms with Crippen LogP contribution in [0, 0.1) is 18.3 Å². The summed E-state index contributed by atoms with van der Waals surface area (Å²) >= 11 is 0. The van der Waals surface area contributed by atoms with Crippen molar-refractivity contribution >= 4 is 5.91 Å². The van der Waals surface area contributed by atoms with Gasteiger partial charge >= 0.3 is 0 Å². The van der Waals surface area contributed by atoms with Crippen LogP contribution in [0.3, 0.4) is 0 Å². The van der Waals surface area contributed by atoms with Crippen molar-refractivity contribution < 1.29 is 18.5 Å². The van der Waals surface area contributed by atoms with Crippen molar-refractivity contribution in [2.75, 3.05) is 32.8 Å². The number of carbonyl (C=O) groups is 1. The summed E-state index contributed by atoms with van der Waals surface area (Å²) in [5.74, 6) is 1.41. The van der Waals surface area contributed by atoms with E-state index < -0.39 is 0 Å². The number of rotatable bonds is 5. The van der Waals surface area contributed by atoms with Crippen LogP contribution in [0.5, 0.6) is 0 Å². The topological polar surface area (TPSA) is 80.7 Å². The molecule has 2 saturated heterocycles. The third-order valence-electron chi connectivity index (χ3n) is 5.00. The van der Waals surface area contributed by atoms with Gasteiger partial charge in [-0.25, -0.2) is 0 Å². The van der Waals surface area contributed by atoms with Crippen molar-refractivity contribution in [3.05, 3.63) is 41.7 Å². The highest BCUT2D eigenvalue weighted by atomic mass is 16.5. The molecule has 4 rings (SSSR count).